The van der Waals surface area contributed by atoms with Crippen LogP contribution in [0.3, 0.4) is 0 Å². The van der Waals surface area contributed by atoms with Crippen molar-refractivity contribution >= 4 is 11.9 Å². The van der Waals surface area contributed by atoms with Gasteiger partial charge in [0.15, 0.2) is 5.96 Å². The van der Waals surface area contributed by atoms with E-state index in [4.69, 9.17) is 9.47 Å². The van der Waals surface area contributed by atoms with Gasteiger partial charge in [-0.15, -0.1) is 0 Å². The van der Waals surface area contributed by atoms with Gasteiger partial charge in [0, 0.05) is 39.7 Å². The van der Waals surface area contributed by atoms with Crippen LogP contribution in [0.1, 0.15) is 39.5 Å². The average molecular weight is 313 g/mol. The molecule has 0 unspecified atom stereocenters. The Morgan fingerprint density at radius 3 is 2.77 bits per heavy atom. The summed E-state index contributed by atoms with van der Waals surface area (Å²) in [5.41, 5.74) is 0. The van der Waals surface area contributed by atoms with Gasteiger partial charge in [-0.05, 0) is 39.0 Å². The Morgan fingerprint density at radius 2 is 2.14 bits per heavy atom. The van der Waals surface area contributed by atoms with Crippen LogP contribution in [0.4, 0.5) is 0 Å². The molecule has 0 bridgehead atoms. The van der Waals surface area contributed by atoms with Crippen molar-refractivity contribution in [3.63, 3.8) is 0 Å². The van der Waals surface area contributed by atoms with Crippen molar-refractivity contribution in [3.8, 4) is 0 Å². The molecular weight excluding hydrogens is 282 g/mol. The molecule has 0 heterocycles. The predicted molar refractivity (Wildman–Crippen MR) is 88.0 cm³/mol. The zero-order valence-corrected chi connectivity index (χ0v) is 14.3. The SMILES string of the molecule is CCNC(=NCCCC(=O)OCC)N(C)CCOCC1CC1. The Morgan fingerprint density at radius 1 is 1.36 bits per heavy atom. The van der Waals surface area contributed by atoms with Crippen molar-refractivity contribution in [3.05, 3.63) is 0 Å². The Hall–Kier alpha value is -1.30. The second-order valence-corrected chi connectivity index (χ2v) is 5.58. The van der Waals surface area contributed by atoms with Crippen LogP contribution in [0.25, 0.3) is 0 Å². The highest BCUT2D eigenvalue weighted by molar-refractivity contribution is 5.79. The van der Waals surface area contributed by atoms with Crippen molar-refractivity contribution < 1.29 is 14.3 Å². The van der Waals surface area contributed by atoms with Crippen molar-refractivity contribution in [1.29, 1.82) is 0 Å². The van der Waals surface area contributed by atoms with Crippen LogP contribution in [0, 0.1) is 5.92 Å². The van der Waals surface area contributed by atoms with Gasteiger partial charge in [-0.2, -0.15) is 0 Å². The van der Waals surface area contributed by atoms with Crippen LogP contribution in [-0.2, 0) is 14.3 Å². The van der Waals surface area contributed by atoms with Crippen molar-refractivity contribution in [1.82, 2.24) is 10.2 Å². The molecule has 128 valence electrons. The minimum absolute atomic E-state index is 0.149. The molecule has 0 saturated heterocycles. The van der Waals surface area contributed by atoms with Crippen LogP contribution in [0.2, 0.25) is 0 Å². The summed E-state index contributed by atoms with van der Waals surface area (Å²) in [7, 11) is 2.01. The van der Waals surface area contributed by atoms with Crippen LogP contribution < -0.4 is 5.32 Å². The first-order chi connectivity index (χ1) is 10.7. The largest absolute Gasteiger partial charge is 0.466 e. The van der Waals surface area contributed by atoms with Gasteiger partial charge in [-0.1, -0.05) is 0 Å². The zero-order valence-electron chi connectivity index (χ0n) is 14.3. The lowest BCUT2D eigenvalue weighted by molar-refractivity contribution is -0.143. The molecule has 0 aromatic rings. The Kier molecular flexibility index (Phi) is 9.62. The number of guanidine groups is 1. The van der Waals surface area contributed by atoms with E-state index < -0.39 is 0 Å². The first-order valence-corrected chi connectivity index (χ1v) is 8.40. The molecule has 0 aliphatic heterocycles. The lowest BCUT2D eigenvalue weighted by Crippen LogP contribution is -2.40. The van der Waals surface area contributed by atoms with Gasteiger partial charge >= 0.3 is 5.97 Å². The Labute approximate surface area is 134 Å². The first-order valence-electron chi connectivity index (χ1n) is 8.40. The molecular formula is C16H31N3O3. The van der Waals surface area contributed by atoms with Gasteiger partial charge in [0.05, 0.1) is 13.2 Å². The molecule has 1 aliphatic rings. The number of esters is 1. The van der Waals surface area contributed by atoms with Crippen LogP contribution in [-0.4, -0.2) is 63.3 Å². The van der Waals surface area contributed by atoms with Gasteiger partial charge in [-0.3, -0.25) is 9.79 Å². The fourth-order valence-corrected chi connectivity index (χ4v) is 1.95. The number of nitrogens with one attached hydrogen (secondary N) is 1. The predicted octanol–water partition coefficient (Wildman–Crippen LogP) is 1.65. The van der Waals surface area contributed by atoms with E-state index in [2.05, 4.69) is 15.2 Å². The molecule has 1 aliphatic carbocycles. The van der Waals surface area contributed by atoms with Gasteiger partial charge in [0.2, 0.25) is 0 Å². The highest BCUT2D eigenvalue weighted by atomic mass is 16.5. The monoisotopic (exact) mass is 313 g/mol. The van der Waals surface area contributed by atoms with E-state index in [1.807, 2.05) is 20.9 Å². The topological polar surface area (TPSA) is 63.2 Å². The fraction of sp³-hybridized carbons (Fsp3) is 0.875. The van der Waals surface area contributed by atoms with Crippen LogP contribution in [0.15, 0.2) is 4.99 Å². The molecule has 1 fully saturated rings. The van der Waals surface area contributed by atoms with Crippen molar-refractivity contribution in [2.24, 2.45) is 10.9 Å². The summed E-state index contributed by atoms with van der Waals surface area (Å²) in [6, 6.07) is 0. The number of hydrogen-bond acceptors (Lipinski definition) is 4. The van der Waals surface area contributed by atoms with E-state index in [0.29, 0.717) is 26.0 Å². The minimum atomic E-state index is -0.149. The van der Waals surface area contributed by atoms with Gasteiger partial charge in [0.25, 0.3) is 0 Å². The summed E-state index contributed by atoms with van der Waals surface area (Å²) in [4.78, 5) is 17.9. The van der Waals surface area contributed by atoms with Gasteiger partial charge in [-0.25, -0.2) is 0 Å². The molecule has 0 atom stereocenters. The molecule has 22 heavy (non-hydrogen) atoms. The number of rotatable bonds is 11. The summed E-state index contributed by atoms with van der Waals surface area (Å²) in [6.45, 7) is 8.18. The first kappa shape index (κ1) is 18.7. The second kappa shape index (κ2) is 11.3. The third-order valence-electron chi connectivity index (χ3n) is 3.42. The van der Waals surface area contributed by atoms with Crippen molar-refractivity contribution in [2.45, 2.75) is 39.5 Å². The highest BCUT2D eigenvalue weighted by Crippen LogP contribution is 2.28. The van der Waals surface area contributed by atoms with E-state index in [-0.39, 0.29) is 5.97 Å². The van der Waals surface area contributed by atoms with E-state index in [0.717, 1.165) is 38.2 Å². The smallest absolute Gasteiger partial charge is 0.305 e. The number of likely N-dealkylation sites (N-methyl/N-ethyl adjacent to an activating group) is 1. The average Bonchev–Trinajstić information content (AvgIpc) is 3.31. The van der Waals surface area contributed by atoms with Crippen molar-refractivity contribution in [2.75, 3.05) is 46.5 Å². The molecule has 6 heteroatoms. The van der Waals surface area contributed by atoms with E-state index in [9.17, 15) is 4.79 Å². The van der Waals surface area contributed by atoms with Gasteiger partial charge < -0.3 is 19.7 Å². The van der Waals surface area contributed by atoms with Crippen LogP contribution in [0.5, 0.6) is 0 Å². The molecule has 0 aromatic heterocycles. The second-order valence-electron chi connectivity index (χ2n) is 5.58. The maximum absolute atomic E-state index is 11.3. The maximum atomic E-state index is 11.3. The van der Waals surface area contributed by atoms with E-state index in [1.165, 1.54) is 12.8 Å². The fourth-order valence-electron chi connectivity index (χ4n) is 1.95. The standard InChI is InChI=1S/C16H31N3O3/c1-4-17-16(18-10-6-7-15(20)22-5-2)19(3)11-12-21-13-14-8-9-14/h14H,4-13H2,1-3H3,(H,17,18). The van der Waals surface area contributed by atoms with E-state index >= 15 is 0 Å². The maximum Gasteiger partial charge on any atom is 0.305 e. The highest BCUT2D eigenvalue weighted by Gasteiger charge is 2.21. The molecule has 1 N–H and O–H groups in total. The Balaban J connectivity index is 2.21. The zero-order chi connectivity index (χ0) is 16.2. The summed E-state index contributed by atoms with van der Waals surface area (Å²) >= 11 is 0. The number of carbonyl (C=O) groups is 1. The number of hydrogen-bond donors (Lipinski definition) is 1. The third-order valence-corrected chi connectivity index (χ3v) is 3.42. The summed E-state index contributed by atoms with van der Waals surface area (Å²) in [5, 5.41) is 3.26. The number of nitrogens with zero attached hydrogens (tertiary/aromatic N) is 2. The number of ether oxygens (including phenoxy) is 2. The summed E-state index contributed by atoms with van der Waals surface area (Å²) in [5.74, 6) is 1.51. The summed E-state index contributed by atoms with van der Waals surface area (Å²) < 4.78 is 10.6. The van der Waals surface area contributed by atoms with E-state index in [1.54, 1.807) is 0 Å². The molecule has 1 saturated carbocycles. The Bertz CT molecular complexity index is 344. The lowest BCUT2D eigenvalue weighted by Gasteiger charge is -2.22. The summed E-state index contributed by atoms with van der Waals surface area (Å²) in [6.07, 6.45) is 3.77. The van der Waals surface area contributed by atoms with Crippen LogP contribution >= 0.6 is 0 Å². The molecule has 0 spiro atoms. The molecule has 0 radical (unpaired) electrons. The quantitative estimate of drug-likeness (QED) is 0.272. The van der Waals surface area contributed by atoms with Gasteiger partial charge in [0.1, 0.15) is 0 Å². The molecule has 0 aromatic carbocycles. The third kappa shape index (κ3) is 8.87. The normalized spacial score (nSPS) is 14.8. The minimum Gasteiger partial charge on any atom is -0.466 e. The number of aliphatic imine (C=N–C) groups is 1. The molecule has 1 rings (SSSR count). The number of carbonyl (C=O) groups excluding carboxylic acids is 1. The molecule has 6 nitrogen and oxygen atoms in total. The lowest BCUT2D eigenvalue weighted by atomic mass is 10.3. The molecule has 0 amide bonds.